The van der Waals surface area contributed by atoms with Crippen LogP contribution in [0.2, 0.25) is 0 Å². The van der Waals surface area contributed by atoms with Gasteiger partial charge in [0.15, 0.2) is 5.13 Å². The first-order valence-corrected chi connectivity index (χ1v) is 11.3. The lowest BCUT2D eigenvalue weighted by Gasteiger charge is -2.23. The number of hydrogen-bond donors (Lipinski definition) is 1. The van der Waals surface area contributed by atoms with Gasteiger partial charge in [-0.1, -0.05) is 47.7 Å². The highest BCUT2D eigenvalue weighted by molar-refractivity contribution is 7.22. The number of aliphatic hydroxyl groups excluding tert-OH is 1. The van der Waals surface area contributed by atoms with Crippen molar-refractivity contribution < 1.29 is 23.8 Å². The molecule has 8 heteroatoms. The maximum atomic E-state index is 15.0. The molecular weight excluding hydrogens is 455 g/mol. The highest BCUT2D eigenvalue weighted by Crippen LogP contribution is 2.45. The number of benzene rings is 3. The highest BCUT2D eigenvalue weighted by Gasteiger charge is 2.49. The lowest BCUT2D eigenvalue weighted by atomic mass is 9.95. The summed E-state index contributed by atoms with van der Waals surface area (Å²) >= 11 is 1.23. The van der Waals surface area contributed by atoms with Crippen molar-refractivity contribution in [1.82, 2.24) is 4.98 Å². The van der Waals surface area contributed by atoms with E-state index in [0.29, 0.717) is 11.3 Å². The van der Waals surface area contributed by atoms with Crippen LogP contribution in [0.5, 0.6) is 5.75 Å². The number of methoxy groups -OCH3 is 1. The molecule has 1 fully saturated rings. The van der Waals surface area contributed by atoms with Gasteiger partial charge in [0.05, 0.1) is 22.9 Å². The third-order valence-electron chi connectivity index (χ3n) is 5.73. The van der Waals surface area contributed by atoms with Gasteiger partial charge < -0.3 is 9.84 Å². The van der Waals surface area contributed by atoms with Gasteiger partial charge >= 0.3 is 5.91 Å². The molecular formula is C26H19FN2O4S. The van der Waals surface area contributed by atoms with Crippen molar-refractivity contribution in [2.75, 3.05) is 12.0 Å². The monoisotopic (exact) mass is 474 g/mol. The van der Waals surface area contributed by atoms with Crippen molar-refractivity contribution in [2.24, 2.45) is 0 Å². The summed E-state index contributed by atoms with van der Waals surface area (Å²) in [6, 6.07) is 16.8. The molecule has 0 aliphatic carbocycles. The van der Waals surface area contributed by atoms with Gasteiger partial charge in [-0.25, -0.2) is 9.37 Å². The van der Waals surface area contributed by atoms with Crippen molar-refractivity contribution in [1.29, 1.82) is 0 Å². The molecule has 1 atom stereocenters. The summed E-state index contributed by atoms with van der Waals surface area (Å²) < 4.78 is 21.1. The molecule has 3 aromatic carbocycles. The Bertz CT molecular complexity index is 1490. The lowest BCUT2D eigenvalue weighted by Crippen LogP contribution is -2.29. The number of aryl methyl sites for hydroxylation is 1. The standard InChI is InChI=1S/C26H19FN2O4S/c1-14-10-11-19-20(12-14)34-26(28-19)29-22(17-8-3-4-9-18(17)27)21(24(31)25(29)32)23(30)15-6-5-7-16(13-15)33-2/h3-13,22,30H,1-2H3/b23-21+/t22-/m1/s1. The van der Waals surface area contributed by atoms with Crippen molar-refractivity contribution in [2.45, 2.75) is 13.0 Å². The number of fused-ring (bicyclic) bond motifs is 1. The second kappa shape index (κ2) is 8.39. The second-order valence-corrected chi connectivity index (χ2v) is 8.90. The fourth-order valence-corrected chi connectivity index (χ4v) is 5.16. The summed E-state index contributed by atoms with van der Waals surface area (Å²) in [7, 11) is 1.48. The number of ketones is 1. The fourth-order valence-electron chi connectivity index (χ4n) is 4.07. The van der Waals surface area contributed by atoms with Gasteiger partial charge in [0, 0.05) is 11.1 Å². The molecule has 1 aliphatic heterocycles. The molecule has 0 bridgehead atoms. The molecule has 0 spiro atoms. The van der Waals surface area contributed by atoms with E-state index in [-0.39, 0.29) is 21.8 Å². The molecule has 0 saturated carbocycles. The van der Waals surface area contributed by atoms with Crippen LogP contribution in [0.4, 0.5) is 9.52 Å². The summed E-state index contributed by atoms with van der Waals surface area (Å²) in [5.41, 5.74) is 1.83. The molecule has 0 radical (unpaired) electrons. The van der Waals surface area contributed by atoms with E-state index >= 15 is 4.39 Å². The first-order chi connectivity index (χ1) is 16.4. The third kappa shape index (κ3) is 3.52. The van der Waals surface area contributed by atoms with Crippen LogP contribution in [0.1, 0.15) is 22.7 Å². The second-order valence-electron chi connectivity index (χ2n) is 7.89. The molecule has 1 saturated heterocycles. The van der Waals surface area contributed by atoms with Gasteiger partial charge in [0.2, 0.25) is 0 Å². The fraction of sp³-hybridized carbons (Fsp3) is 0.115. The molecule has 170 valence electrons. The number of Topliss-reactive ketones (excluding diaryl/α,β-unsaturated/α-hetero) is 1. The number of carbonyl (C=O) groups excluding carboxylic acids is 2. The predicted molar refractivity (Wildman–Crippen MR) is 129 cm³/mol. The minimum Gasteiger partial charge on any atom is -0.507 e. The normalized spacial score (nSPS) is 17.5. The average molecular weight is 475 g/mol. The van der Waals surface area contributed by atoms with Crippen LogP contribution in [-0.2, 0) is 9.59 Å². The number of halogens is 1. The van der Waals surface area contributed by atoms with E-state index in [1.165, 1.54) is 41.5 Å². The number of anilines is 1. The summed E-state index contributed by atoms with van der Waals surface area (Å²) in [6.45, 7) is 1.94. The number of aromatic nitrogens is 1. The maximum absolute atomic E-state index is 15.0. The van der Waals surface area contributed by atoms with E-state index in [1.54, 1.807) is 30.3 Å². The van der Waals surface area contributed by atoms with E-state index in [9.17, 15) is 14.7 Å². The van der Waals surface area contributed by atoms with Crippen molar-refractivity contribution in [3.8, 4) is 5.75 Å². The average Bonchev–Trinajstić information content (AvgIpc) is 3.36. The van der Waals surface area contributed by atoms with Crippen molar-refractivity contribution in [3.05, 3.63) is 94.8 Å². The molecule has 1 N–H and O–H groups in total. The SMILES string of the molecule is COc1cccc(/C(O)=C2\C(=O)C(=O)N(c3nc4ccc(C)cc4s3)[C@@H]2c2ccccc2F)c1. The number of aliphatic hydroxyl groups is 1. The van der Waals surface area contributed by atoms with Crippen LogP contribution >= 0.6 is 11.3 Å². The summed E-state index contributed by atoms with van der Waals surface area (Å²) in [5.74, 6) is -2.35. The van der Waals surface area contributed by atoms with E-state index < -0.39 is 29.3 Å². The molecule has 5 rings (SSSR count). The summed E-state index contributed by atoms with van der Waals surface area (Å²) in [5, 5.41) is 11.4. The van der Waals surface area contributed by atoms with Crippen molar-refractivity contribution in [3.63, 3.8) is 0 Å². The Kier molecular flexibility index (Phi) is 5.37. The zero-order valence-electron chi connectivity index (χ0n) is 18.3. The minimum absolute atomic E-state index is 0.0848. The van der Waals surface area contributed by atoms with Crippen LogP contribution in [0, 0.1) is 12.7 Å². The Morgan fingerprint density at radius 3 is 2.65 bits per heavy atom. The molecule has 4 aromatic rings. The third-order valence-corrected chi connectivity index (χ3v) is 6.74. The first kappa shape index (κ1) is 21.8. The van der Waals surface area contributed by atoms with E-state index in [4.69, 9.17) is 4.74 Å². The smallest absolute Gasteiger partial charge is 0.301 e. The minimum atomic E-state index is -1.19. The number of amides is 1. The van der Waals surface area contributed by atoms with Crippen LogP contribution in [0.25, 0.3) is 16.0 Å². The van der Waals surface area contributed by atoms with E-state index in [1.807, 2.05) is 25.1 Å². The maximum Gasteiger partial charge on any atom is 0.301 e. The zero-order chi connectivity index (χ0) is 24.0. The van der Waals surface area contributed by atoms with E-state index in [2.05, 4.69) is 4.98 Å². The number of hydrogen-bond acceptors (Lipinski definition) is 6. The summed E-state index contributed by atoms with van der Waals surface area (Å²) in [4.78, 5) is 32.2. The van der Waals surface area contributed by atoms with Gasteiger partial charge in [-0.15, -0.1) is 0 Å². The number of thiazole rings is 1. The largest absolute Gasteiger partial charge is 0.507 e. The lowest BCUT2D eigenvalue weighted by molar-refractivity contribution is -0.132. The molecule has 0 unspecified atom stereocenters. The Morgan fingerprint density at radius 1 is 1.09 bits per heavy atom. The van der Waals surface area contributed by atoms with Crippen LogP contribution in [-0.4, -0.2) is 28.9 Å². The zero-order valence-corrected chi connectivity index (χ0v) is 19.1. The number of rotatable bonds is 4. The molecule has 6 nitrogen and oxygen atoms in total. The Hall–Kier alpha value is -4.04. The number of nitrogens with zero attached hydrogens (tertiary/aromatic N) is 2. The van der Waals surface area contributed by atoms with Gasteiger partial charge in [0.25, 0.3) is 5.78 Å². The van der Waals surface area contributed by atoms with Gasteiger partial charge in [-0.05, 0) is 42.8 Å². The molecule has 1 aromatic heterocycles. The van der Waals surface area contributed by atoms with Crippen molar-refractivity contribution >= 4 is 44.1 Å². The van der Waals surface area contributed by atoms with Crippen LogP contribution in [0.3, 0.4) is 0 Å². The number of ether oxygens (including phenoxy) is 1. The quantitative estimate of drug-likeness (QED) is 0.244. The predicted octanol–water partition coefficient (Wildman–Crippen LogP) is 5.38. The molecule has 1 aliphatic rings. The Balaban J connectivity index is 1.75. The molecule has 1 amide bonds. The van der Waals surface area contributed by atoms with Gasteiger partial charge in [-0.3, -0.25) is 14.5 Å². The van der Waals surface area contributed by atoms with Gasteiger partial charge in [-0.2, -0.15) is 0 Å². The topological polar surface area (TPSA) is 79.7 Å². The molecule has 2 heterocycles. The van der Waals surface area contributed by atoms with Gasteiger partial charge in [0.1, 0.15) is 23.4 Å². The van der Waals surface area contributed by atoms with Crippen LogP contribution < -0.4 is 9.64 Å². The van der Waals surface area contributed by atoms with Crippen LogP contribution in [0.15, 0.2) is 72.3 Å². The summed E-state index contributed by atoms with van der Waals surface area (Å²) in [6.07, 6.45) is 0. The Morgan fingerprint density at radius 2 is 1.88 bits per heavy atom. The highest BCUT2D eigenvalue weighted by atomic mass is 32.1. The van der Waals surface area contributed by atoms with E-state index in [0.717, 1.165) is 10.3 Å². The first-order valence-electron chi connectivity index (χ1n) is 10.5. The number of carbonyl (C=O) groups is 2. The molecule has 34 heavy (non-hydrogen) atoms. The Labute approximate surface area is 198 Å².